The van der Waals surface area contributed by atoms with E-state index in [0.717, 1.165) is 16.8 Å². The van der Waals surface area contributed by atoms with E-state index in [-0.39, 0.29) is 35.2 Å². The summed E-state index contributed by atoms with van der Waals surface area (Å²) in [6.45, 7) is 7.62. The van der Waals surface area contributed by atoms with Gasteiger partial charge in [-0.1, -0.05) is 50.2 Å². The Kier molecular flexibility index (Phi) is 6.40. The van der Waals surface area contributed by atoms with Gasteiger partial charge in [0.05, 0.1) is 5.92 Å². The van der Waals surface area contributed by atoms with E-state index in [1.807, 2.05) is 45.9 Å². The first-order valence-corrected chi connectivity index (χ1v) is 11.5. The van der Waals surface area contributed by atoms with Gasteiger partial charge in [-0.3, -0.25) is 9.59 Å². The fourth-order valence-corrected chi connectivity index (χ4v) is 4.78. The minimum absolute atomic E-state index is 0.00989. The van der Waals surface area contributed by atoms with Crippen LogP contribution in [-0.4, -0.2) is 18.3 Å². The molecule has 1 aliphatic carbocycles. The average molecular weight is 472 g/mol. The number of para-hydroxylation sites is 2. The van der Waals surface area contributed by atoms with Gasteiger partial charge in [-0.2, -0.15) is 5.26 Å². The minimum Gasteiger partial charge on any atom is -0.483 e. The number of nitrogens with two attached hydrogens (primary N) is 1. The van der Waals surface area contributed by atoms with Crippen molar-refractivity contribution in [3.8, 4) is 11.8 Å². The number of carbonyl (C=O) groups excluding carboxylic acids is 2. The molecule has 1 heterocycles. The molecule has 1 unspecified atom stereocenters. The van der Waals surface area contributed by atoms with Gasteiger partial charge in [0.15, 0.2) is 12.4 Å². The lowest BCUT2D eigenvalue weighted by atomic mass is 9.70. The van der Waals surface area contributed by atoms with Gasteiger partial charge in [0.25, 0.3) is 5.91 Å². The maximum absolute atomic E-state index is 13.2. The number of nitriles is 1. The number of benzene rings is 2. The van der Waals surface area contributed by atoms with Gasteiger partial charge in [0, 0.05) is 29.7 Å². The van der Waals surface area contributed by atoms with Gasteiger partial charge >= 0.3 is 0 Å². The van der Waals surface area contributed by atoms with Crippen molar-refractivity contribution in [1.82, 2.24) is 0 Å². The number of nitrogens with one attached hydrogen (secondary N) is 1. The molecule has 2 aromatic rings. The number of allylic oxidation sites excluding steroid dienone is 3. The number of hydrogen-bond donors (Lipinski definition) is 2. The summed E-state index contributed by atoms with van der Waals surface area (Å²) in [4.78, 5) is 25.9. The first-order valence-electron chi connectivity index (χ1n) is 11.5. The molecule has 180 valence electrons. The number of Topliss-reactive ketones (excluding diaryl/α,β-unsaturated/α-hetero) is 1. The number of aryl methyl sites for hydroxylation is 2. The Bertz CT molecular complexity index is 1290. The number of nitrogens with zero attached hydrogens (tertiary/aromatic N) is 1. The lowest BCUT2D eigenvalue weighted by molar-refractivity contribution is -0.119. The first-order chi connectivity index (χ1) is 16.6. The Balaban J connectivity index is 1.65. The highest BCUT2D eigenvalue weighted by atomic mass is 16.5. The van der Waals surface area contributed by atoms with Crippen molar-refractivity contribution in [3.63, 3.8) is 0 Å². The minimum atomic E-state index is -0.717. The van der Waals surface area contributed by atoms with Crippen LogP contribution in [0.25, 0.3) is 0 Å². The molecule has 0 radical (unpaired) electrons. The van der Waals surface area contributed by atoms with Crippen molar-refractivity contribution in [2.45, 2.75) is 46.5 Å². The van der Waals surface area contributed by atoms with Crippen LogP contribution in [0.1, 0.15) is 49.3 Å². The van der Waals surface area contributed by atoms with Crippen LogP contribution in [0.3, 0.4) is 0 Å². The number of rotatable bonds is 5. The zero-order valence-electron chi connectivity index (χ0n) is 20.4. The van der Waals surface area contributed by atoms with Crippen molar-refractivity contribution in [1.29, 1.82) is 5.26 Å². The van der Waals surface area contributed by atoms with Crippen LogP contribution >= 0.6 is 0 Å². The Morgan fingerprint density at radius 2 is 1.86 bits per heavy atom. The molecule has 1 amide bonds. The molecule has 0 saturated carbocycles. The van der Waals surface area contributed by atoms with Crippen molar-refractivity contribution in [3.05, 3.63) is 81.9 Å². The molecular weight excluding hydrogens is 442 g/mol. The molecule has 0 saturated heterocycles. The summed E-state index contributed by atoms with van der Waals surface area (Å²) in [6, 6.07) is 15.0. The molecule has 3 N–H and O–H groups in total. The second-order valence-electron chi connectivity index (χ2n) is 9.84. The van der Waals surface area contributed by atoms with Gasteiger partial charge < -0.3 is 20.5 Å². The highest BCUT2D eigenvalue weighted by molar-refractivity contribution is 6.00. The Morgan fingerprint density at radius 1 is 1.17 bits per heavy atom. The molecule has 2 aliphatic rings. The summed E-state index contributed by atoms with van der Waals surface area (Å²) >= 11 is 0. The number of ketones is 1. The Morgan fingerprint density at radius 3 is 2.54 bits per heavy atom. The largest absolute Gasteiger partial charge is 0.483 e. The van der Waals surface area contributed by atoms with E-state index in [1.54, 1.807) is 24.3 Å². The lowest BCUT2D eigenvalue weighted by Gasteiger charge is -2.37. The Labute approximate surface area is 205 Å². The summed E-state index contributed by atoms with van der Waals surface area (Å²) < 4.78 is 11.7. The fourth-order valence-electron chi connectivity index (χ4n) is 4.78. The fraction of sp³-hybridized carbons (Fsp3) is 0.321. The normalized spacial score (nSPS) is 18.9. The van der Waals surface area contributed by atoms with Crippen LogP contribution in [0, 0.1) is 30.6 Å². The molecule has 4 rings (SSSR count). The van der Waals surface area contributed by atoms with Crippen molar-refractivity contribution in [2.24, 2.45) is 11.1 Å². The third-order valence-electron chi connectivity index (χ3n) is 6.41. The SMILES string of the molecule is Cc1cccc(C)c1NC(=O)COc1ccccc1C1C(C#N)=C(N)OC2=C1C(=O)CC(C)(C)C2. The van der Waals surface area contributed by atoms with E-state index in [1.165, 1.54) is 0 Å². The van der Waals surface area contributed by atoms with Crippen LogP contribution in [-0.2, 0) is 14.3 Å². The number of carbonyl (C=O) groups is 2. The van der Waals surface area contributed by atoms with E-state index in [0.29, 0.717) is 35.5 Å². The molecular formula is C28H29N3O4. The molecule has 0 spiro atoms. The van der Waals surface area contributed by atoms with Crippen LogP contribution in [0.15, 0.2) is 65.3 Å². The van der Waals surface area contributed by atoms with Crippen molar-refractivity contribution >= 4 is 17.4 Å². The third kappa shape index (κ3) is 4.78. The van der Waals surface area contributed by atoms with E-state index >= 15 is 0 Å². The second-order valence-corrected chi connectivity index (χ2v) is 9.84. The zero-order chi connectivity index (χ0) is 25.3. The lowest BCUT2D eigenvalue weighted by Crippen LogP contribution is -2.33. The quantitative estimate of drug-likeness (QED) is 0.649. The van der Waals surface area contributed by atoms with Crippen LogP contribution in [0.2, 0.25) is 0 Å². The topological polar surface area (TPSA) is 114 Å². The van der Waals surface area contributed by atoms with E-state index in [9.17, 15) is 14.9 Å². The maximum atomic E-state index is 13.2. The number of hydrogen-bond acceptors (Lipinski definition) is 6. The van der Waals surface area contributed by atoms with Crippen LogP contribution in [0.5, 0.6) is 5.75 Å². The van der Waals surface area contributed by atoms with Crippen molar-refractivity contribution < 1.29 is 19.1 Å². The van der Waals surface area contributed by atoms with Gasteiger partial charge in [-0.05, 0) is 36.5 Å². The van der Waals surface area contributed by atoms with Crippen LogP contribution < -0.4 is 15.8 Å². The Hall–Kier alpha value is -4.05. The summed E-state index contributed by atoms with van der Waals surface area (Å²) in [5, 5.41) is 12.8. The molecule has 35 heavy (non-hydrogen) atoms. The van der Waals surface area contributed by atoms with Gasteiger partial charge in [-0.25, -0.2) is 0 Å². The van der Waals surface area contributed by atoms with Crippen LogP contribution in [0.4, 0.5) is 5.69 Å². The molecule has 7 heteroatoms. The monoisotopic (exact) mass is 471 g/mol. The van der Waals surface area contributed by atoms with E-state index in [4.69, 9.17) is 15.2 Å². The summed E-state index contributed by atoms with van der Waals surface area (Å²) in [7, 11) is 0. The molecule has 1 atom stereocenters. The zero-order valence-corrected chi connectivity index (χ0v) is 20.4. The molecule has 0 fully saturated rings. The average Bonchev–Trinajstić information content (AvgIpc) is 2.78. The highest BCUT2D eigenvalue weighted by Gasteiger charge is 2.43. The number of amides is 1. The maximum Gasteiger partial charge on any atom is 0.262 e. The van der Waals surface area contributed by atoms with E-state index < -0.39 is 5.92 Å². The summed E-state index contributed by atoms with van der Waals surface area (Å²) in [5.74, 6) is -0.217. The van der Waals surface area contributed by atoms with Gasteiger partial charge in [-0.15, -0.1) is 0 Å². The first kappa shape index (κ1) is 24.1. The molecule has 1 aliphatic heterocycles. The van der Waals surface area contributed by atoms with Gasteiger partial charge in [0.2, 0.25) is 5.88 Å². The second kappa shape index (κ2) is 9.30. The summed E-state index contributed by atoms with van der Waals surface area (Å²) in [6.07, 6.45) is 0.872. The number of anilines is 1. The number of ether oxygens (including phenoxy) is 2. The molecule has 2 aromatic carbocycles. The van der Waals surface area contributed by atoms with E-state index in [2.05, 4.69) is 11.4 Å². The highest BCUT2D eigenvalue weighted by Crippen LogP contribution is 2.49. The predicted molar refractivity (Wildman–Crippen MR) is 132 cm³/mol. The molecule has 0 bridgehead atoms. The van der Waals surface area contributed by atoms with Gasteiger partial charge in [0.1, 0.15) is 23.2 Å². The van der Waals surface area contributed by atoms with Crippen molar-refractivity contribution in [2.75, 3.05) is 11.9 Å². The molecule has 7 nitrogen and oxygen atoms in total. The standard InChI is InChI=1S/C28H29N3O4/c1-16-8-7-9-17(2)26(16)31-23(33)15-34-21-11-6-5-10-18(21)24-19(14-29)27(30)35-22-13-28(3,4)12-20(32)25(22)24/h5-11,24H,12-13,15,30H2,1-4H3,(H,31,33). The molecule has 0 aromatic heterocycles. The smallest absolute Gasteiger partial charge is 0.262 e. The predicted octanol–water partition coefficient (Wildman–Crippen LogP) is 4.77. The third-order valence-corrected chi connectivity index (χ3v) is 6.41. The summed E-state index contributed by atoms with van der Waals surface area (Å²) in [5.41, 5.74) is 9.72.